The zero-order chi connectivity index (χ0) is 17.6. The highest BCUT2D eigenvalue weighted by atomic mass is 16.1. The maximum absolute atomic E-state index is 8.35. The fraction of sp³-hybridized carbons (Fsp3) is 0.556. The van der Waals surface area contributed by atoms with E-state index in [1.54, 1.807) is 0 Å². The predicted molar refractivity (Wildman–Crippen MR) is 94.4 cm³/mol. The van der Waals surface area contributed by atoms with Crippen LogP contribution in [0.2, 0.25) is 0 Å². The molecule has 0 atom stereocenters. The first-order valence-electron chi connectivity index (χ1n) is 8.13. The van der Waals surface area contributed by atoms with Gasteiger partial charge in [0.2, 0.25) is 12.2 Å². The molecular weight excluding hydrogens is 290 g/mol. The van der Waals surface area contributed by atoms with Gasteiger partial charge in [-0.2, -0.15) is 0 Å². The van der Waals surface area contributed by atoms with Gasteiger partial charge in [-0.15, -0.1) is 0 Å². The molecule has 0 aliphatic carbocycles. The third-order valence-electron chi connectivity index (χ3n) is 3.13. The Labute approximate surface area is 139 Å². The number of anilines is 1. The van der Waals surface area contributed by atoms with Crippen LogP contribution in [0.15, 0.2) is 30.3 Å². The Hall–Kier alpha value is -2.22. The molecule has 0 aliphatic heterocycles. The molecule has 1 aromatic carbocycles. The van der Waals surface area contributed by atoms with Gasteiger partial charge in [-0.05, 0) is 18.6 Å². The van der Waals surface area contributed by atoms with Crippen molar-refractivity contribution in [1.29, 1.82) is 10.8 Å². The Morgan fingerprint density at radius 1 is 0.826 bits per heavy atom. The van der Waals surface area contributed by atoms with Crippen molar-refractivity contribution in [3.8, 4) is 0 Å². The maximum atomic E-state index is 8.35. The van der Waals surface area contributed by atoms with Crippen LogP contribution in [0.1, 0.15) is 58.3 Å². The normalized spacial score (nSPS) is 8.39. The monoisotopic (exact) mass is 319 g/mol. The van der Waals surface area contributed by atoms with Crippen LogP contribution in [0.5, 0.6) is 0 Å². The van der Waals surface area contributed by atoms with Gasteiger partial charge in [0.25, 0.3) is 0 Å². The van der Waals surface area contributed by atoms with Crippen molar-refractivity contribution >= 4 is 17.8 Å². The highest BCUT2D eigenvalue weighted by Crippen LogP contribution is 2.09. The second-order valence-electron chi connectivity index (χ2n) is 4.97. The van der Waals surface area contributed by atoms with E-state index in [-0.39, 0.29) is 0 Å². The molecule has 0 fully saturated rings. The number of hydrogen-bond acceptors (Lipinski definition) is 5. The summed E-state index contributed by atoms with van der Waals surface area (Å²) in [7, 11) is 0. The lowest BCUT2D eigenvalue weighted by molar-refractivity contribution is 0.562. The van der Waals surface area contributed by atoms with E-state index in [4.69, 9.17) is 20.4 Å². The van der Waals surface area contributed by atoms with Crippen molar-refractivity contribution in [2.75, 3.05) is 11.9 Å². The highest BCUT2D eigenvalue weighted by Gasteiger charge is 1.92. The van der Waals surface area contributed by atoms with Crippen LogP contribution in [0.4, 0.5) is 5.69 Å². The topological polar surface area (TPSA) is 93.9 Å². The van der Waals surface area contributed by atoms with E-state index < -0.39 is 0 Å². The van der Waals surface area contributed by atoms with Crippen molar-refractivity contribution in [1.82, 2.24) is 0 Å². The summed E-state index contributed by atoms with van der Waals surface area (Å²) in [5, 5.41) is 14.3. The van der Waals surface area contributed by atoms with Crippen LogP contribution in [0.25, 0.3) is 0 Å². The molecule has 3 N–H and O–H groups in total. The van der Waals surface area contributed by atoms with E-state index in [9.17, 15) is 0 Å². The molecule has 0 saturated carbocycles. The third kappa shape index (κ3) is 22.2. The number of carbonyl (C=O) groups excluding carboxylic acids is 2. The Bertz CT molecular complexity index is 398. The van der Waals surface area contributed by atoms with Gasteiger partial charge in [0.05, 0.1) is 0 Å². The maximum Gasteiger partial charge on any atom is 0.231 e. The lowest BCUT2D eigenvalue weighted by Gasteiger charge is -2.05. The minimum absolute atomic E-state index is 0.750. The molecule has 0 unspecified atom stereocenters. The second-order valence-corrected chi connectivity index (χ2v) is 4.97. The summed E-state index contributed by atoms with van der Waals surface area (Å²) in [6.07, 6.45) is 12.6. The minimum Gasteiger partial charge on any atom is -0.385 e. The average molecular weight is 319 g/mol. The predicted octanol–water partition coefficient (Wildman–Crippen LogP) is 5.04. The van der Waals surface area contributed by atoms with Crippen LogP contribution >= 0.6 is 0 Å². The van der Waals surface area contributed by atoms with Crippen molar-refractivity contribution < 1.29 is 9.59 Å². The molecule has 128 valence electrons. The Balaban J connectivity index is 0. The first-order valence-corrected chi connectivity index (χ1v) is 8.13. The van der Waals surface area contributed by atoms with E-state index in [2.05, 4.69) is 42.6 Å². The molecule has 5 heteroatoms. The third-order valence-corrected chi connectivity index (χ3v) is 3.13. The van der Waals surface area contributed by atoms with Crippen LogP contribution in [0.3, 0.4) is 0 Å². The van der Waals surface area contributed by atoms with Crippen LogP contribution in [-0.2, 0) is 9.59 Å². The molecule has 23 heavy (non-hydrogen) atoms. The zero-order valence-electron chi connectivity index (χ0n) is 14.1. The number of benzene rings is 1. The summed E-state index contributed by atoms with van der Waals surface area (Å²) >= 11 is 0. The first kappa shape index (κ1) is 23.1. The molecule has 0 saturated heterocycles. The summed E-state index contributed by atoms with van der Waals surface area (Å²) in [6.45, 7) is 3.38. The van der Waals surface area contributed by atoms with E-state index in [0.29, 0.717) is 0 Å². The number of unbranched alkanes of at least 4 members (excludes halogenated alkanes) is 7. The summed E-state index contributed by atoms with van der Waals surface area (Å²) < 4.78 is 0. The molecule has 0 bridgehead atoms. The van der Waals surface area contributed by atoms with Gasteiger partial charge >= 0.3 is 0 Å². The fourth-order valence-corrected chi connectivity index (χ4v) is 2.05. The first-order chi connectivity index (χ1) is 11.3. The van der Waals surface area contributed by atoms with Gasteiger partial charge < -0.3 is 5.32 Å². The fourth-order valence-electron chi connectivity index (χ4n) is 2.05. The Morgan fingerprint density at radius 2 is 1.26 bits per heavy atom. The van der Waals surface area contributed by atoms with Crippen molar-refractivity contribution in [3.05, 3.63) is 30.3 Å². The van der Waals surface area contributed by atoms with Crippen LogP contribution in [0, 0.1) is 10.8 Å². The Morgan fingerprint density at radius 3 is 1.74 bits per heavy atom. The lowest BCUT2D eigenvalue weighted by Crippen LogP contribution is -2.00. The number of para-hydroxylation sites is 1. The van der Waals surface area contributed by atoms with Gasteiger partial charge in [-0.3, -0.25) is 0 Å². The molecule has 0 radical (unpaired) electrons. The van der Waals surface area contributed by atoms with E-state index in [1.165, 1.54) is 57.1 Å². The van der Waals surface area contributed by atoms with Gasteiger partial charge in [0, 0.05) is 12.2 Å². The molecule has 0 aliphatic rings. The summed E-state index contributed by atoms with van der Waals surface area (Å²) in [6, 6.07) is 10.5. The smallest absolute Gasteiger partial charge is 0.231 e. The molecule has 1 aromatic rings. The molecule has 0 amide bonds. The number of nitrogens with one attached hydrogen (secondary N) is 3. The number of rotatable bonds is 10. The minimum atomic E-state index is 0.750. The van der Waals surface area contributed by atoms with E-state index >= 15 is 0 Å². The second kappa shape index (κ2) is 22.1. The van der Waals surface area contributed by atoms with Crippen molar-refractivity contribution in [3.63, 3.8) is 0 Å². The molecule has 1 rings (SSSR count). The molecule has 0 spiro atoms. The Kier molecular flexibility index (Phi) is 22.1. The summed E-state index contributed by atoms with van der Waals surface area (Å²) in [4.78, 5) is 16.7. The SMILES string of the molecule is CCCCCCCCCCNc1ccccc1.N=C=O.N=C=O. The van der Waals surface area contributed by atoms with Gasteiger partial charge in [0.1, 0.15) is 0 Å². The zero-order valence-corrected chi connectivity index (χ0v) is 14.1. The van der Waals surface area contributed by atoms with Crippen molar-refractivity contribution in [2.24, 2.45) is 0 Å². The lowest BCUT2D eigenvalue weighted by atomic mass is 10.1. The van der Waals surface area contributed by atoms with Gasteiger partial charge in [0.15, 0.2) is 0 Å². The van der Waals surface area contributed by atoms with Crippen LogP contribution in [-0.4, -0.2) is 18.7 Å². The van der Waals surface area contributed by atoms with Gasteiger partial charge in [-0.1, -0.05) is 70.1 Å². The standard InChI is InChI=1S/C16H27N.2CHNO/c1-2-3-4-5-6-7-8-12-15-17-16-13-10-9-11-14-16;2*2-1-3/h9-11,13-14,17H,2-8,12,15H2,1H3;2*2H. The number of isocyanates is 2. The number of hydrogen-bond donors (Lipinski definition) is 3. The van der Waals surface area contributed by atoms with Gasteiger partial charge in [-0.25, -0.2) is 20.4 Å². The quantitative estimate of drug-likeness (QED) is 0.320. The average Bonchev–Trinajstić information content (AvgIpc) is 2.56. The van der Waals surface area contributed by atoms with Crippen LogP contribution < -0.4 is 5.32 Å². The molecule has 0 heterocycles. The largest absolute Gasteiger partial charge is 0.385 e. The summed E-state index contributed by atoms with van der Waals surface area (Å²) in [5.74, 6) is 0. The molecular formula is C18H29N3O2. The molecule has 5 nitrogen and oxygen atoms in total. The molecule has 0 aromatic heterocycles. The van der Waals surface area contributed by atoms with E-state index in [1.807, 2.05) is 0 Å². The van der Waals surface area contributed by atoms with E-state index in [0.717, 1.165) is 18.7 Å². The van der Waals surface area contributed by atoms with Crippen molar-refractivity contribution in [2.45, 2.75) is 58.3 Å². The summed E-state index contributed by atoms with van der Waals surface area (Å²) in [5.41, 5.74) is 1.25. The highest BCUT2D eigenvalue weighted by molar-refractivity contribution is 5.42.